The summed E-state index contributed by atoms with van der Waals surface area (Å²) in [5.41, 5.74) is -0.454. The van der Waals surface area contributed by atoms with Gasteiger partial charge in [-0.3, -0.25) is 4.79 Å². The zero-order chi connectivity index (χ0) is 14.9. The Kier molecular flexibility index (Phi) is 4.72. The molecule has 2 rings (SSSR count). The summed E-state index contributed by atoms with van der Waals surface area (Å²) in [7, 11) is 0. The maximum atomic E-state index is 14.0. The van der Waals surface area contributed by atoms with Crippen LogP contribution in [0.15, 0.2) is 18.2 Å². The van der Waals surface area contributed by atoms with Crippen LogP contribution in [0.3, 0.4) is 0 Å². The van der Waals surface area contributed by atoms with E-state index in [0.717, 1.165) is 0 Å². The fourth-order valence-electron chi connectivity index (χ4n) is 2.37. The van der Waals surface area contributed by atoms with Gasteiger partial charge in [0.2, 0.25) is 0 Å². The molecule has 1 fully saturated rings. The molecule has 3 nitrogen and oxygen atoms in total. The number of ether oxygens (including phenoxy) is 1. The first kappa shape index (κ1) is 15.7. The van der Waals surface area contributed by atoms with Gasteiger partial charge in [0.15, 0.2) is 5.82 Å². The van der Waals surface area contributed by atoms with Crippen LogP contribution in [0.25, 0.3) is 0 Å². The Bertz CT molecular complexity index is 524. The number of hydrogen-bond acceptors (Lipinski definition) is 2. The number of halogens is 3. The Morgan fingerprint density at radius 1 is 1.60 bits per heavy atom. The minimum Gasteiger partial charge on any atom is -0.368 e. The van der Waals surface area contributed by atoms with Crippen LogP contribution in [0.4, 0.5) is 4.39 Å². The Balaban J connectivity index is 2.26. The fraction of sp³-hybridized carbons (Fsp3) is 0.500. The van der Waals surface area contributed by atoms with Crippen LogP contribution >= 0.6 is 27.5 Å². The molecule has 6 heteroatoms. The largest absolute Gasteiger partial charge is 0.368 e. The quantitative estimate of drug-likeness (QED) is 0.752. The zero-order valence-corrected chi connectivity index (χ0v) is 13.7. The second kappa shape index (κ2) is 6.00. The molecular weight excluding hydrogens is 349 g/mol. The maximum absolute atomic E-state index is 14.0. The number of amides is 1. The average molecular weight is 365 g/mol. The number of rotatable bonds is 2. The maximum Gasteiger partial charge on any atom is 0.257 e. The van der Waals surface area contributed by atoms with Gasteiger partial charge in [0.05, 0.1) is 22.3 Å². The third kappa shape index (κ3) is 3.32. The van der Waals surface area contributed by atoms with Crippen molar-refractivity contribution in [2.45, 2.75) is 25.6 Å². The predicted molar refractivity (Wildman–Crippen MR) is 80.1 cm³/mol. The molecule has 0 aromatic heterocycles. The van der Waals surface area contributed by atoms with Crippen molar-refractivity contribution in [1.82, 2.24) is 4.90 Å². The molecule has 1 amide bonds. The Morgan fingerprint density at radius 2 is 2.30 bits per heavy atom. The summed E-state index contributed by atoms with van der Waals surface area (Å²) in [6.07, 6.45) is -0.107. The lowest BCUT2D eigenvalue weighted by Gasteiger charge is -2.42. The molecule has 20 heavy (non-hydrogen) atoms. The van der Waals surface area contributed by atoms with E-state index in [0.29, 0.717) is 18.4 Å². The molecule has 0 spiro atoms. The molecule has 1 heterocycles. The highest BCUT2D eigenvalue weighted by atomic mass is 79.9. The number of hydrogen-bond donors (Lipinski definition) is 0. The van der Waals surface area contributed by atoms with Crippen molar-refractivity contribution >= 4 is 33.4 Å². The van der Waals surface area contributed by atoms with E-state index in [9.17, 15) is 9.18 Å². The van der Waals surface area contributed by atoms with Gasteiger partial charge in [-0.05, 0) is 26.0 Å². The summed E-state index contributed by atoms with van der Waals surface area (Å²) in [5.74, 6) is -1.02. The van der Waals surface area contributed by atoms with Crippen LogP contribution in [0.1, 0.15) is 24.2 Å². The van der Waals surface area contributed by atoms with Gasteiger partial charge in [-0.2, -0.15) is 0 Å². The van der Waals surface area contributed by atoms with Crippen molar-refractivity contribution in [3.63, 3.8) is 0 Å². The summed E-state index contributed by atoms with van der Waals surface area (Å²) in [6.45, 7) is 4.67. The lowest BCUT2D eigenvalue weighted by Crippen LogP contribution is -2.55. The van der Waals surface area contributed by atoms with Gasteiger partial charge < -0.3 is 9.64 Å². The number of carbonyl (C=O) groups excluding carboxylic acids is 1. The standard InChI is InChI=1S/C14H16BrClFNO2/c1-14(2)8-18(7-9(6-15)20-14)13(19)10-4-3-5-11(16)12(10)17/h3-5,9H,6-8H2,1-2H3. The Hall–Kier alpha value is -0.650. The summed E-state index contributed by atoms with van der Waals surface area (Å²) < 4.78 is 19.8. The number of nitrogens with zero attached hydrogens (tertiary/aromatic N) is 1. The predicted octanol–water partition coefficient (Wildman–Crippen LogP) is 3.49. The second-order valence-electron chi connectivity index (χ2n) is 5.44. The van der Waals surface area contributed by atoms with E-state index < -0.39 is 11.4 Å². The lowest BCUT2D eigenvalue weighted by atomic mass is 10.0. The minimum atomic E-state index is -0.668. The van der Waals surface area contributed by atoms with E-state index in [1.165, 1.54) is 12.1 Å². The van der Waals surface area contributed by atoms with Crippen LogP contribution < -0.4 is 0 Å². The smallest absolute Gasteiger partial charge is 0.257 e. The van der Waals surface area contributed by atoms with E-state index >= 15 is 0 Å². The van der Waals surface area contributed by atoms with Gasteiger partial charge >= 0.3 is 0 Å². The van der Waals surface area contributed by atoms with Crippen LogP contribution in [0.2, 0.25) is 5.02 Å². The van der Waals surface area contributed by atoms with Crippen molar-refractivity contribution in [2.75, 3.05) is 18.4 Å². The number of benzene rings is 1. The van der Waals surface area contributed by atoms with Crippen molar-refractivity contribution in [1.29, 1.82) is 0 Å². The third-order valence-corrected chi connectivity index (χ3v) is 4.14. The highest BCUT2D eigenvalue weighted by Gasteiger charge is 2.36. The summed E-state index contributed by atoms with van der Waals surface area (Å²) in [4.78, 5) is 14.1. The highest BCUT2D eigenvalue weighted by Crippen LogP contribution is 2.25. The minimum absolute atomic E-state index is 0.00326. The van der Waals surface area contributed by atoms with Crippen LogP contribution in [-0.2, 0) is 4.74 Å². The third-order valence-electron chi connectivity index (χ3n) is 3.12. The number of morpholine rings is 1. The molecule has 0 bridgehead atoms. The fourth-order valence-corrected chi connectivity index (χ4v) is 2.88. The van der Waals surface area contributed by atoms with E-state index in [1.54, 1.807) is 11.0 Å². The molecule has 1 aromatic carbocycles. The van der Waals surface area contributed by atoms with Crippen LogP contribution in [0.5, 0.6) is 0 Å². The molecule has 1 aromatic rings. The van der Waals surface area contributed by atoms with E-state index in [-0.39, 0.29) is 22.6 Å². The van der Waals surface area contributed by atoms with E-state index in [4.69, 9.17) is 16.3 Å². The highest BCUT2D eigenvalue weighted by molar-refractivity contribution is 9.09. The van der Waals surface area contributed by atoms with Crippen LogP contribution in [0, 0.1) is 5.82 Å². The van der Waals surface area contributed by atoms with E-state index in [1.807, 2.05) is 13.8 Å². The summed E-state index contributed by atoms with van der Waals surface area (Å²) in [5, 5.41) is 0.582. The van der Waals surface area contributed by atoms with Crippen molar-refractivity contribution in [2.24, 2.45) is 0 Å². The molecule has 1 unspecified atom stereocenters. The van der Waals surface area contributed by atoms with Crippen molar-refractivity contribution in [3.8, 4) is 0 Å². The topological polar surface area (TPSA) is 29.5 Å². The molecule has 1 aliphatic rings. The molecule has 1 aliphatic heterocycles. The summed E-state index contributed by atoms with van der Waals surface area (Å²) >= 11 is 9.09. The summed E-state index contributed by atoms with van der Waals surface area (Å²) in [6, 6.07) is 4.46. The Labute approximate surface area is 131 Å². The van der Waals surface area contributed by atoms with Gasteiger partial charge in [-0.1, -0.05) is 33.6 Å². The molecule has 1 atom stereocenters. The van der Waals surface area contributed by atoms with Gasteiger partial charge in [-0.25, -0.2) is 4.39 Å². The molecule has 0 radical (unpaired) electrons. The van der Waals surface area contributed by atoms with Gasteiger partial charge in [0, 0.05) is 18.4 Å². The number of alkyl halides is 1. The van der Waals surface area contributed by atoms with Gasteiger partial charge in [0.25, 0.3) is 5.91 Å². The van der Waals surface area contributed by atoms with Gasteiger partial charge in [0.1, 0.15) is 0 Å². The first-order valence-electron chi connectivity index (χ1n) is 6.31. The molecule has 0 aliphatic carbocycles. The zero-order valence-electron chi connectivity index (χ0n) is 11.3. The molecule has 1 saturated heterocycles. The van der Waals surface area contributed by atoms with Crippen LogP contribution in [-0.4, -0.2) is 40.9 Å². The monoisotopic (exact) mass is 363 g/mol. The molecular formula is C14H16BrClFNO2. The SMILES string of the molecule is CC1(C)CN(C(=O)c2cccc(Cl)c2F)CC(CBr)O1. The lowest BCUT2D eigenvalue weighted by molar-refractivity contribution is -0.116. The Morgan fingerprint density at radius 3 is 2.95 bits per heavy atom. The van der Waals surface area contributed by atoms with Crippen molar-refractivity contribution < 1.29 is 13.9 Å². The van der Waals surface area contributed by atoms with Gasteiger partial charge in [-0.15, -0.1) is 0 Å². The average Bonchev–Trinajstić information content (AvgIpc) is 2.39. The van der Waals surface area contributed by atoms with Crippen molar-refractivity contribution in [3.05, 3.63) is 34.6 Å². The number of carbonyl (C=O) groups is 1. The normalized spacial score (nSPS) is 21.9. The van der Waals surface area contributed by atoms with E-state index in [2.05, 4.69) is 15.9 Å². The molecule has 110 valence electrons. The molecule has 0 saturated carbocycles. The first-order valence-corrected chi connectivity index (χ1v) is 7.81. The second-order valence-corrected chi connectivity index (χ2v) is 6.50. The first-order chi connectivity index (χ1) is 9.34. The molecule has 0 N–H and O–H groups in total.